The summed E-state index contributed by atoms with van der Waals surface area (Å²) in [4.78, 5) is 5.25. The van der Waals surface area contributed by atoms with E-state index in [2.05, 4.69) is 21.6 Å². The number of hydrogen-bond acceptors (Lipinski definition) is 4. The van der Waals surface area contributed by atoms with Gasteiger partial charge >= 0.3 is 0 Å². The number of thioether (sulfide) groups is 1. The monoisotopic (exact) mass is 229 g/mol. The van der Waals surface area contributed by atoms with Gasteiger partial charge < -0.3 is 10.6 Å². The maximum atomic E-state index is 5.53. The first-order valence-corrected chi connectivity index (χ1v) is 7.30. The van der Waals surface area contributed by atoms with Gasteiger partial charge in [0.25, 0.3) is 0 Å². The quantitative estimate of drug-likeness (QED) is 0.759. The Morgan fingerprint density at radius 2 is 2.00 bits per heavy atom. The minimum Gasteiger partial charge on any atom is -0.330 e. The van der Waals surface area contributed by atoms with Crippen LogP contribution in [0.15, 0.2) is 0 Å². The van der Waals surface area contributed by atoms with E-state index in [0.29, 0.717) is 0 Å². The average molecular weight is 229 g/mol. The molecule has 2 N–H and O–H groups in total. The number of hydrogen-bond donors (Lipinski definition) is 1. The summed E-state index contributed by atoms with van der Waals surface area (Å²) in [5, 5.41) is 0. The molecule has 0 spiro atoms. The molecule has 0 aromatic carbocycles. The summed E-state index contributed by atoms with van der Waals surface area (Å²) in [5.41, 5.74) is 5.53. The van der Waals surface area contributed by atoms with Crippen LogP contribution >= 0.6 is 11.8 Å². The predicted octanol–water partition coefficient (Wildman–Crippen LogP) is 0.458. The van der Waals surface area contributed by atoms with Crippen molar-refractivity contribution in [1.29, 1.82) is 0 Å². The highest BCUT2D eigenvalue weighted by Gasteiger charge is 2.25. The van der Waals surface area contributed by atoms with Crippen LogP contribution in [-0.2, 0) is 0 Å². The molecule has 0 bridgehead atoms. The molecule has 2 aliphatic heterocycles. The Morgan fingerprint density at radius 1 is 1.20 bits per heavy atom. The van der Waals surface area contributed by atoms with Crippen LogP contribution in [0.4, 0.5) is 0 Å². The molecule has 88 valence electrons. The highest BCUT2D eigenvalue weighted by Crippen LogP contribution is 2.23. The van der Waals surface area contributed by atoms with Crippen molar-refractivity contribution in [3.05, 3.63) is 0 Å². The van der Waals surface area contributed by atoms with Crippen molar-refractivity contribution in [2.24, 2.45) is 5.73 Å². The summed E-state index contributed by atoms with van der Waals surface area (Å²) >= 11 is 2.12. The average Bonchev–Trinajstić information content (AvgIpc) is 2.80. The molecule has 2 aliphatic rings. The molecule has 4 heteroatoms. The van der Waals surface area contributed by atoms with E-state index < -0.39 is 0 Å². The zero-order valence-corrected chi connectivity index (χ0v) is 10.3. The van der Waals surface area contributed by atoms with E-state index in [9.17, 15) is 0 Å². The molecule has 1 atom stereocenters. The minimum atomic E-state index is 0.833. The van der Waals surface area contributed by atoms with Gasteiger partial charge in [-0.1, -0.05) is 0 Å². The molecule has 2 heterocycles. The lowest BCUT2D eigenvalue weighted by Gasteiger charge is -2.37. The van der Waals surface area contributed by atoms with Crippen LogP contribution in [-0.4, -0.2) is 66.6 Å². The van der Waals surface area contributed by atoms with Gasteiger partial charge in [-0.2, -0.15) is 11.8 Å². The van der Waals surface area contributed by atoms with Crippen molar-refractivity contribution in [3.8, 4) is 0 Å². The highest BCUT2D eigenvalue weighted by atomic mass is 32.2. The van der Waals surface area contributed by atoms with Gasteiger partial charge in [-0.15, -0.1) is 0 Å². The summed E-state index contributed by atoms with van der Waals surface area (Å²) in [6, 6.07) is 0.881. The normalized spacial score (nSPS) is 29.8. The molecule has 0 aliphatic carbocycles. The largest absolute Gasteiger partial charge is 0.330 e. The number of nitrogens with zero attached hydrogens (tertiary/aromatic N) is 2. The van der Waals surface area contributed by atoms with E-state index in [1.54, 1.807) is 0 Å². The van der Waals surface area contributed by atoms with Crippen LogP contribution in [0.2, 0.25) is 0 Å². The topological polar surface area (TPSA) is 32.5 Å². The number of rotatable bonds is 4. The summed E-state index contributed by atoms with van der Waals surface area (Å²) < 4.78 is 0. The Hall–Kier alpha value is 0.230. The van der Waals surface area contributed by atoms with E-state index in [1.807, 2.05) is 0 Å². The van der Waals surface area contributed by atoms with Crippen LogP contribution in [0.3, 0.4) is 0 Å². The SMILES string of the molecule is NCCCN1CCN([C@H]2CCSC2)CC1. The first kappa shape index (κ1) is 11.7. The summed E-state index contributed by atoms with van der Waals surface area (Å²) in [7, 11) is 0. The Bertz CT molecular complexity index is 175. The molecule has 0 saturated carbocycles. The van der Waals surface area contributed by atoms with Crippen LogP contribution in [0, 0.1) is 0 Å². The van der Waals surface area contributed by atoms with E-state index in [4.69, 9.17) is 5.73 Å². The maximum absolute atomic E-state index is 5.53. The predicted molar refractivity (Wildman–Crippen MR) is 67.4 cm³/mol. The maximum Gasteiger partial charge on any atom is 0.0195 e. The molecule has 0 aromatic heterocycles. The van der Waals surface area contributed by atoms with Gasteiger partial charge in [0.2, 0.25) is 0 Å². The zero-order chi connectivity index (χ0) is 10.5. The lowest BCUT2D eigenvalue weighted by molar-refractivity contribution is 0.104. The Balaban J connectivity index is 1.67. The third kappa shape index (κ3) is 3.34. The molecule has 0 amide bonds. The van der Waals surface area contributed by atoms with E-state index in [1.165, 1.54) is 50.7 Å². The van der Waals surface area contributed by atoms with Crippen LogP contribution in [0.25, 0.3) is 0 Å². The van der Waals surface area contributed by atoms with Crippen molar-refractivity contribution in [3.63, 3.8) is 0 Å². The van der Waals surface area contributed by atoms with Crippen molar-refractivity contribution < 1.29 is 0 Å². The lowest BCUT2D eigenvalue weighted by Crippen LogP contribution is -2.50. The minimum absolute atomic E-state index is 0.833. The molecule has 0 radical (unpaired) electrons. The Kier molecular flexibility index (Phi) is 4.75. The highest BCUT2D eigenvalue weighted by molar-refractivity contribution is 7.99. The molecule has 2 fully saturated rings. The molecule has 2 rings (SSSR count). The smallest absolute Gasteiger partial charge is 0.0195 e. The Morgan fingerprint density at radius 3 is 2.60 bits per heavy atom. The van der Waals surface area contributed by atoms with Crippen LogP contribution < -0.4 is 5.73 Å². The van der Waals surface area contributed by atoms with Gasteiger partial charge in [0.05, 0.1) is 0 Å². The van der Waals surface area contributed by atoms with Crippen LogP contribution in [0.5, 0.6) is 0 Å². The van der Waals surface area contributed by atoms with E-state index in [0.717, 1.165) is 19.0 Å². The van der Waals surface area contributed by atoms with Gasteiger partial charge in [0.15, 0.2) is 0 Å². The molecule has 2 saturated heterocycles. The van der Waals surface area contributed by atoms with E-state index >= 15 is 0 Å². The third-order valence-electron chi connectivity index (χ3n) is 3.51. The van der Waals surface area contributed by atoms with Crippen molar-refractivity contribution in [2.45, 2.75) is 18.9 Å². The molecular formula is C11H23N3S. The van der Waals surface area contributed by atoms with Gasteiger partial charge in [0, 0.05) is 38.0 Å². The molecular weight excluding hydrogens is 206 g/mol. The number of piperazine rings is 1. The van der Waals surface area contributed by atoms with Gasteiger partial charge in [-0.25, -0.2) is 0 Å². The molecule has 15 heavy (non-hydrogen) atoms. The zero-order valence-electron chi connectivity index (χ0n) is 9.53. The van der Waals surface area contributed by atoms with E-state index in [-0.39, 0.29) is 0 Å². The fraction of sp³-hybridized carbons (Fsp3) is 1.00. The first-order chi connectivity index (χ1) is 7.40. The first-order valence-electron chi connectivity index (χ1n) is 6.14. The van der Waals surface area contributed by atoms with Gasteiger partial charge in [-0.3, -0.25) is 4.90 Å². The molecule has 0 unspecified atom stereocenters. The fourth-order valence-electron chi connectivity index (χ4n) is 2.48. The summed E-state index contributed by atoms with van der Waals surface area (Å²) in [6.07, 6.45) is 2.56. The molecule has 3 nitrogen and oxygen atoms in total. The Labute approximate surface area is 97.4 Å². The molecule has 0 aromatic rings. The standard InChI is InChI=1S/C11H23N3S/c12-3-1-4-13-5-7-14(8-6-13)11-2-9-15-10-11/h11H,1-10,12H2/t11-/m0/s1. The second kappa shape index (κ2) is 6.09. The fourth-order valence-corrected chi connectivity index (χ4v) is 3.73. The van der Waals surface area contributed by atoms with Crippen molar-refractivity contribution in [2.75, 3.05) is 50.8 Å². The van der Waals surface area contributed by atoms with Crippen molar-refractivity contribution >= 4 is 11.8 Å². The van der Waals surface area contributed by atoms with Crippen LogP contribution in [0.1, 0.15) is 12.8 Å². The second-order valence-electron chi connectivity index (χ2n) is 4.54. The third-order valence-corrected chi connectivity index (χ3v) is 4.65. The summed E-state index contributed by atoms with van der Waals surface area (Å²) in [6.45, 7) is 7.08. The second-order valence-corrected chi connectivity index (χ2v) is 5.69. The summed E-state index contributed by atoms with van der Waals surface area (Å²) in [5.74, 6) is 2.74. The van der Waals surface area contributed by atoms with Gasteiger partial charge in [-0.05, 0) is 31.7 Å². The number of nitrogens with two attached hydrogens (primary N) is 1. The van der Waals surface area contributed by atoms with Gasteiger partial charge in [0.1, 0.15) is 0 Å². The van der Waals surface area contributed by atoms with Crippen molar-refractivity contribution in [1.82, 2.24) is 9.80 Å². The lowest BCUT2D eigenvalue weighted by atomic mass is 10.2.